The second-order valence-corrected chi connectivity index (χ2v) is 4.36. The van der Waals surface area contributed by atoms with E-state index in [0.29, 0.717) is 0 Å². The lowest BCUT2D eigenvalue weighted by Gasteiger charge is -2.27. The van der Waals surface area contributed by atoms with Crippen molar-refractivity contribution in [3.63, 3.8) is 0 Å². The van der Waals surface area contributed by atoms with Crippen LogP contribution in [0.3, 0.4) is 0 Å². The Bertz CT molecular complexity index is 231. The molecule has 0 bridgehead atoms. The summed E-state index contributed by atoms with van der Waals surface area (Å²) in [5.74, 6) is -0.511. The molecule has 2 atom stereocenters. The molecular weight excluding hydrogens is 212 g/mol. The summed E-state index contributed by atoms with van der Waals surface area (Å²) in [7, 11) is -4.05. The molecule has 0 aromatic rings. The summed E-state index contributed by atoms with van der Waals surface area (Å²) >= 11 is 0. The fourth-order valence-electron chi connectivity index (χ4n) is 0.907. The number of hydrogen-bond donors (Lipinski definition) is 4. The third kappa shape index (κ3) is 7.18. The van der Waals surface area contributed by atoms with Gasteiger partial charge in [-0.1, -0.05) is 0 Å². The largest absolute Gasteiger partial charge is 0.379 e. The van der Waals surface area contributed by atoms with Crippen molar-refractivity contribution < 1.29 is 23.2 Å². The zero-order chi connectivity index (χ0) is 10.6. The van der Waals surface area contributed by atoms with E-state index < -0.39 is 28.3 Å². The number of rotatable bonds is 5. The average molecular weight is 230 g/mol. The molecule has 0 aliphatic rings. The molecule has 6 N–H and O–H groups in total. The van der Waals surface area contributed by atoms with Crippen LogP contribution >= 0.6 is 0 Å². The van der Waals surface area contributed by atoms with E-state index in [-0.39, 0.29) is 12.7 Å². The van der Waals surface area contributed by atoms with Gasteiger partial charge in [0.2, 0.25) is 0 Å². The van der Waals surface area contributed by atoms with Crippen molar-refractivity contribution >= 4 is 10.1 Å². The quantitative estimate of drug-likeness (QED) is 0.352. The first-order chi connectivity index (χ1) is 5.74. The minimum atomic E-state index is -4.05. The van der Waals surface area contributed by atoms with E-state index in [1.165, 1.54) is 13.8 Å². The summed E-state index contributed by atoms with van der Waals surface area (Å²) in [5.41, 5.74) is 0. The third-order valence-electron chi connectivity index (χ3n) is 1.57. The highest BCUT2D eigenvalue weighted by Crippen LogP contribution is 2.01. The Labute approximate surface area is 83.7 Å². The van der Waals surface area contributed by atoms with Gasteiger partial charge in [-0.2, -0.15) is 8.42 Å². The zero-order valence-electron chi connectivity index (χ0n) is 8.29. The second-order valence-electron chi connectivity index (χ2n) is 2.79. The number of aliphatic hydroxyl groups excluding tert-OH is 2. The summed E-state index contributed by atoms with van der Waals surface area (Å²) < 4.78 is 29.1. The molecule has 88 valence electrons. The molecule has 0 radical (unpaired) electrons. The van der Waals surface area contributed by atoms with E-state index in [1.54, 1.807) is 0 Å². The normalized spacial score (nSPS) is 16.1. The van der Waals surface area contributed by atoms with Gasteiger partial charge in [-0.05, 0) is 13.8 Å². The molecule has 0 heterocycles. The van der Waals surface area contributed by atoms with Gasteiger partial charge < -0.3 is 16.4 Å². The van der Waals surface area contributed by atoms with E-state index in [9.17, 15) is 8.42 Å². The lowest BCUT2D eigenvalue weighted by atomic mass is 10.4. The Morgan fingerprint density at radius 2 is 1.57 bits per heavy atom. The molecule has 0 amide bonds. The molecule has 14 heavy (non-hydrogen) atoms. The van der Waals surface area contributed by atoms with Crippen LogP contribution in [0.2, 0.25) is 0 Å². The lowest BCUT2D eigenvalue weighted by molar-refractivity contribution is -0.0802. The highest BCUT2D eigenvalue weighted by atomic mass is 32.2. The molecular formula is C6H18N2O5S. The molecule has 0 saturated carbocycles. The molecule has 7 nitrogen and oxygen atoms in total. The highest BCUT2D eigenvalue weighted by Gasteiger charge is 2.18. The van der Waals surface area contributed by atoms with Crippen LogP contribution in [0.1, 0.15) is 13.8 Å². The maximum Gasteiger partial charge on any atom is 0.266 e. The molecule has 2 unspecified atom stereocenters. The topological polar surface area (TPSA) is 133 Å². The van der Waals surface area contributed by atoms with Crippen molar-refractivity contribution in [3.05, 3.63) is 0 Å². The molecule has 8 heteroatoms. The van der Waals surface area contributed by atoms with Gasteiger partial charge in [-0.3, -0.25) is 9.45 Å². The minimum absolute atomic E-state index is 0. The van der Waals surface area contributed by atoms with Gasteiger partial charge in [0, 0.05) is 6.54 Å². The third-order valence-corrected chi connectivity index (χ3v) is 2.27. The number of aliphatic hydroxyl groups is 2. The zero-order valence-corrected chi connectivity index (χ0v) is 9.11. The summed E-state index contributed by atoms with van der Waals surface area (Å²) in [4.78, 5) is 1.13. The molecule has 0 aliphatic heterocycles. The Hall–Kier alpha value is -0.250. The van der Waals surface area contributed by atoms with Crippen LogP contribution in [0.4, 0.5) is 0 Å². The molecule has 0 fully saturated rings. The predicted octanol–water partition coefficient (Wildman–Crippen LogP) is -0.985. The summed E-state index contributed by atoms with van der Waals surface area (Å²) in [6, 6.07) is 0. The van der Waals surface area contributed by atoms with Crippen molar-refractivity contribution in [2.45, 2.75) is 26.3 Å². The predicted molar refractivity (Wildman–Crippen MR) is 51.5 cm³/mol. The summed E-state index contributed by atoms with van der Waals surface area (Å²) in [5, 5.41) is 18.1. The summed E-state index contributed by atoms with van der Waals surface area (Å²) in [6.07, 6.45) is -1.91. The van der Waals surface area contributed by atoms with Crippen LogP contribution in [-0.4, -0.2) is 52.8 Å². The first-order valence-electron chi connectivity index (χ1n) is 3.81. The van der Waals surface area contributed by atoms with Gasteiger partial charge in [-0.25, -0.2) is 0 Å². The van der Waals surface area contributed by atoms with Crippen LogP contribution in [0.15, 0.2) is 0 Å². The van der Waals surface area contributed by atoms with E-state index >= 15 is 0 Å². The molecule has 0 saturated heterocycles. The van der Waals surface area contributed by atoms with Gasteiger partial charge in [0.05, 0.1) is 5.75 Å². The average Bonchev–Trinajstić information content (AvgIpc) is 1.82. The molecule has 0 spiro atoms. The van der Waals surface area contributed by atoms with Gasteiger partial charge in [0.25, 0.3) is 10.1 Å². The van der Waals surface area contributed by atoms with E-state index in [4.69, 9.17) is 14.8 Å². The lowest BCUT2D eigenvalue weighted by Crippen LogP contribution is -2.42. The van der Waals surface area contributed by atoms with E-state index in [0.717, 1.165) is 4.90 Å². The first kappa shape index (κ1) is 16.2. The van der Waals surface area contributed by atoms with E-state index in [2.05, 4.69) is 0 Å². The van der Waals surface area contributed by atoms with Crippen molar-refractivity contribution in [2.75, 3.05) is 12.3 Å². The monoisotopic (exact) mass is 230 g/mol. The SMILES string of the molecule is CC(O)N(CCS(=O)(=O)O)C(C)O.N. The second kappa shape index (κ2) is 6.27. The highest BCUT2D eigenvalue weighted by molar-refractivity contribution is 7.85. The van der Waals surface area contributed by atoms with Crippen LogP contribution in [0, 0.1) is 0 Å². The Kier molecular flexibility index (Phi) is 7.26. The van der Waals surface area contributed by atoms with Crippen molar-refractivity contribution in [2.24, 2.45) is 0 Å². The maximum atomic E-state index is 10.3. The Morgan fingerprint density at radius 1 is 1.21 bits per heavy atom. The standard InChI is InChI=1S/C6H15NO5S.H3N/c1-5(8)7(6(2)9)3-4-13(10,11)12;/h5-6,8-9H,3-4H2,1-2H3,(H,10,11,12);1H3. The van der Waals surface area contributed by atoms with Gasteiger partial charge in [0.15, 0.2) is 0 Å². The summed E-state index contributed by atoms with van der Waals surface area (Å²) in [6.45, 7) is 2.68. The van der Waals surface area contributed by atoms with Crippen LogP contribution < -0.4 is 6.15 Å². The fraction of sp³-hybridized carbons (Fsp3) is 1.00. The van der Waals surface area contributed by atoms with E-state index in [1.807, 2.05) is 0 Å². The van der Waals surface area contributed by atoms with Gasteiger partial charge in [0.1, 0.15) is 12.5 Å². The molecule has 0 aromatic heterocycles. The minimum Gasteiger partial charge on any atom is -0.379 e. The van der Waals surface area contributed by atoms with Crippen molar-refractivity contribution in [1.29, 1.82) is 0 Å². The van der Waals surface area contributed by atoms with Crippen LogP contribution in [0.25, 0.3) is 0 Å². The number of nitrogens with zero attached hydrogens (tertiary/aromatic N) is 1. The van der Waals surface area contributed by atoms with Crippen LogP contribution in [-0.2, 0) is 10.1 Å². The molecule has 0 aliphatic carbocycles. The Morgan fingerprint density at radius 3 is 1.79 bits per heavy atom. The van der Waals surface area contributed by atoms with Gasteiger partial charge >= 0.3 is 0 Å². The molecule has 0 rings (SSSR count). The van der Waals surface area contributed by atoms with Gasteiger partial charge in [-0.15, -0.1) is 0 Å². The molecule has 0 aromatic carbocycles. The maximum absolute atomic E-state index is 10.3. The van der Waals surface area contributed by atoms with Crippen molar-refractivity contribution in [1.82, 2.24) is 11.1 Å². The Balaban J connectivity index is 0. The smallest absolute Gasteiger partial charge is 0.266 e. The fourth-order valence-corrected chi connectivity index (χ4v) is 1.35. The first-order valence-corrected chi connectivity index (χ1v) is 5.42. The number of hydrogen-bond acceptors (Lipinski definition) is 6. The van der Waals surface area contributed by atoms with Crippen molar-refractivity contribution in [3.8, 4) is 0 Å². The van der Waals surface area contributed by atoms with Crippen LogP contribution in [0.5, 0.6) is 0 Å².